The van der Waals surface area contributed by atoms with Gasteiger partial charge in [-0.25, -0.2) is 4.99 Å². The standard InChI is InChI=1S/C20H31N3O3.HI/c1-5-21-19(23-13-20(8-9-20)15-6-7-15)22-12-14-10-16(24-2)18(26-4)17(11-14)25-3;/h10-11,15H,5-9,12-13H2,1-4H3,(H2,21,22,23);1H. The van der Waals surface area contributed by atoms with Crippen LogP contribution in [0.5, 0.6) is 17.2 Å². The van der Waals surface area contributed by atoms with Crippen molar-refractivity contribution < 1.29 is 14.2 Å². The first kappa shape index (κ1) is 21.9. The number of nitrogens with one attached hydrogen (secondary N) is 2. The molecule has 1 aromatic rings. The van der Waals surface area contributed by atoms with Crippen LogP contribution in [0.4, 0.5) is 0 Å². The summed E-state index contributed by atoms with van der Waals surface area (Å²) >= 11 is 0. The van der Waals surface area contributed by atoms with Crippen molar-refractivity contribution in [3.8, 4) is 17.2 Å². The maximum atomic E-state index is 5.42. The van der Waals surface area contributed by atoms with Crippen molar-refractivity contribution in [2.75, 3.05) is 34.4 Å². The molecular formula is C20H32IN3O3. The number of hydrogen-bond acceptors (Lipinski definition) is 4. The van der Waals surface area contributed by atoms with Crippen LogP contribution in [-0.2, 0) is 6.54 Å². The van der Waals surface area contributed by atoms with E-state index in [9.17, 15) is 0 Å². The van der Waals surface area contributed by atoms with E-state index in [1.807, 2.05) is 12.1 Å². The van der Waals surface area contributed by atoms with Crippen molar-refractivity contribution >= 4 is 29.9 Å². The average molecular weight is 489 g/mol. The summed E-state index contributed by atoms with van der Waals surface area (Å²) in [5.74, 6) is 3.72. The fourth-order valence-corrected chi connectivity index (χ4v) is 3.58. The molecule has 3 rings (SSSR count). The lowest BCUT2D eigenvalue weighted by atomic mass is 10.0. The number of methoxy groups -OCH3 is 3. The van der Waals surface area contributed by atoms with Crippen LogP contribution in [0.1, 0.15) is 38.2 Å². The fraction of sp³-hybridized carbons (Fsp3) is 0.650. The largest absolute Gasteiger partial charge is 0.493 e. The molecule has 2 N–H and O–H groups in total. The first-order valence-corrected chi connectivity index (χ1v) is 9.47. The maximum Gasteiger partial charge on any atom is 0.203 e. The van der Waals surface area contributed by atoms with Gasteiger partial charge in [0, 0.05) is 13.1 Å². The molecule has 0 bridgehead atoms. The van der Waals surface area contributed by atoms with Crippen LogP contribution in [0.25, 0.3) is 0 Å². The molecule has 1 aromatic carbocycles. The van der Waals surface area contributed by atoms with Gasteiger partial charge in [0.2, 0.25) is 5.75 Å². The molecule has 6 nitrogen and oxygen atoms in total. The van der Waals surface area contributed by atoms with Crippen LogP contribution in [0.15, 0.2) is 17.1 Å². The zero-order valence-corrected chi connectivity index (χ0v) is 19.1. The molecule has 0 amide bonds. The van der Waals surface area contributed by atoms with Gasteiger partial charge < -0.3 is 24.8 Å². The quantitative estimate of drug-likeness (QED) is 0.316. The molecule has 0 aliphatic heterocycles. The van der Waals surface area contributed by atoms with Gasteiger partial charge in [0.05, 0.1) is 27.9 Å². The average Bonchev–Trinajstić information content (AvgIpc) is 3.55. The van der Waals surface area contributed by atoms with Crippen LogP contribution in [0, 0.1) is 11.3 Å². The van der Waals surface area contributed by atoms with Gasteiger partial charge in [0.1, 0.15) is 0 Å². The lowest BCUT2D eigenvalue weighted by Crippen LogP contribution is -2.40. The first-order chi connectivity index (χ1) is 12.7. The third-order valence-electron chi connectivity index (χ3n) is 5.43. The lowest BCUT2D eigenvalue weighted by molar-refractivity contribution is 0.324. The summed E-state index contributed by atoms with van der Waals surface area (Å²) in [6, 6.07) is 3.89. The molecular weight excluding hydrogens is 457 g/mol. The minimum absolute atomic E-state index is 0. The number of aliphatic imine (C=N–C) groups is 1. The van der Waals surface area contributed by atoms with Crippen molar-refractivity contribution in [3.05, 3.63) is 17.7 Å². The Morgan fingerprint density at radius 1 is 1.07 bits per heavy atom. The molecule has 0 unspecified atom stereocenters. The van der Waals surface area contributed by atoms with E-state index in [4.69, 9.17) is 19.2 Å². The minimum atomic E-state index is 0. The topological polar surface area (TPSA) is 64.1 Å². The van der Waals surface area contributed by atoms with Gasteiger partial charge in [0.15, 0.2) is 17.5 Å². The zero-order valence-electron chi connectivity index (χ0n) is 16.8. The second-order valence-corrected chi connectivity index (χ2v) is 7.22. The van der Waals surface area contributed by atoms with Crippen molar-refractivity contribution in [1.82, 2.24) is 10.6 Å². The molecule has 27 heavy (non-hydrogen) atoms. The molecule has 0 atom stereocenters. The minimum Gasteiger partial charge on any atom is -0.493 e. The van der Waals surface area contributed by atoms with E-state index < -0.39 is 0 Å². The number of guanidine groups is 1. The van der Waals surface area contributed by atoms with Crippen molar-refractivity contribution in [1.29, 1.82) is 0 Å². The highest BCUT2D eigenvalue weighted by Gasteiger charge is 2.53. The second kappa shape index (κ2) is 9.71. The summed E-state index contributed by atoms with van der Waals surface area (Å²) in [5, 5.41) is 6.89. The van der Waals surface area contributed by atoms with E-state index in [0.29, 0.717) is 29.2 Å². The molecule has 152 valence electrons. The summed E-state index contributed by atoms with van der Waals surface area (Å²) in [4.78, 5) is 4.74. The van der Waals surface area contributed by atoms with Crippen LogP contribution in [0.3, 0.4) is 0 Å². The Bertz CT molecular complexity index is 633. The third kappa shape index (κ3) is 5.33. The fourth-order valence-electron chi connectivity index (χ4n) is 3.58. The highest BCUT2D eigenvalue weighted by molar-refractivity contribution is 14.0. The van der Waals surface area contributed by atoms with Crippen LogP contribution < -0.4 is 24.8 Å². The molecule has 0 aromatic heterocycles. The van der Waals surface area contributed by atoms with Gasteiger partial charge >= 0.3 is 0 Å². The summed E-state index contributed by atoms with van der Waals surface area (Å²) in [6.45, 7) is 4.50. The Balaban J connectivity index is 0.00000261. The Labute approximate surface area is 179 Å². The Morgan fingerprint density at radius 2 is 1.70 bits per heavy atom. The molecule has 2 saturated carbocycles. The molecule has 2 fully saturated rings. The summed E-state index contributed by atoms with van der Waals surface area (Å²) in [6.07, 6.45) is 5.52. The van der Waals surface area contributed by atoms with Gasteiger partial charge in [0.25, 0.3) is 0 Å². The van der Waals surface area contributed by atoms with E-state index in [1.165, 1.54) is 25.7 Å². The van der Waals surface area contributed by atoms with Crippen molar-refractivity contribution in [3.63, 3.8) is 0 Å². The molecule has 0 heterocycles. The third-order valence-corrected chi connectivity index (χ3v) is 5.43. The molecule has 2 aliphatic rings. The van der Waals surface area contributed by atoms with E-state index >= 15 is 0 Å². The SMILES string of the molecule is CCNC(=NCc1cc(OC)c(OC)c(OC)c1)NCC1(C2CC2)CC1.I. The van der Waals surface area contributed by atoms with Crippen molar-refractivity contribution in [2.45, 2.75) is 39.2 Å². The van der Waals surface area contributed by atoms with E-state index in [2.05, 4.69) is 17.6 Å². The molecule has 2 aliphatic carbocycles. The Morgan fingerprint density at radius 3 is 2.15 bits per heavy atom. The number of hydrogen-bond donors (Lipinski definition) is 2. The number of halogens is 1. The summed E-state index contributed by atoms with van der Waals surface area (Å²) < 4.78 is 16.2. The van der Waals surface area contributed by atoms with Crippen LogP contribution in [0.2, 0.25) is 0 Å². The summed E-state index contributed by atoms with van der Waals surface area (Å²) in [7, 11) is 4.87. The smallest absolute Gasteiger partial charge is 0.203 e. The van der Waals surface area contributed by atoms with Gasteiger partial charge in [-0.15, -0.1) is 24.0 Å². The summed E-state index contributed by atoms with van der Waals surface area (Å²) in [5.41, 5.74) is 1.56. The van der Waals surface area contributed by atoms with E-state index in [1.54, 1.807) is 21.3 Å². The lowest BCUT2D eigenvalue weighted by Gasteiger charge is -2.18. The number of benzene rings is 1. The number of rotatable bonds is 9. The Kier molecular flexibility index (Phi) is 7.88. The van der Waals surface area contributed by atoms with Gasteiger partial charge in [-0.3, -0.25) is 0 Å². The highest BCUT2D eigenvalue weighted by atomic mass is 127. The van der Waals surface area contributed by atoms with Gasteiger partial charge in [-0.2, -0.15) is 0 Å². The van der Waals surface area contributed by atoms with E-state index in [-0.39, 0.29) is 24.0 Å². The van der Waals surface area contributed by atoms with Gasteiger partial charge in [-0.1, -0.05) is 0 Å². The number of ether oxygens (including phenoxy) is 3. The monoisotopic (exact) mass is 489 g/mol. The predicted molar refractivity (Wildman–Crippen MR) is 119 cm³/mol. The molecule has 0 spiro atoms. The maximum absolute atomic E-state index is 5.42. The van der Waals surface area contributed by atoms with E-state index in [0.717, 1.165) is 30.5 Å². The Hall–Kier alpha value is -1.38. The number of nitrogens with zero attached hydrogens (tertiary/aromatic N) is 1. The highest BCUT2D eigenvalue weighted by Crippen LogP contribution is 2.60. The zero-order chi connectivity index (χ0) is 18.6. The first-order valence-electron chi connectivity index (χ1n) is 9.47. The van der Waals surface area contributed by atoms with Crippen LogP contribution >= 0.6 is 24.0 Å². The van der Waals surface area contributed by atoms with Gasteiger partial charge in [-0.05, 0) is 61.6 Å². The molecule has 0 saturated heterocycles. The molecule has 7 heteroatoms. The molecule has 0 radical (unpaired) electrons. The predicted octanol–water partition coefficient (Wildman–Crippen LogP) is 3.58. The second-order valence-electron chi connectivity index (χ2n) is 7.22. The van der Waals surface area contributed by atoms with Crippen LogP contribution in [-0.4, -0.2) is 40.4 Å². The normalized spacial score (nSPS) is 17.6. The van der Waals surface area contributed by atoms with Crippen molar-refractivity contribution in [2.24, 2.45) is 16.3 Å².